The average molecular weight is 355 g/mol. The molecule has 1 aromatic rings. The van der Waals surface area contributed by atoms with E-state index in [0.717, 1.165) is 37.5 Å². The van der Waals surface area contributed by atoms with Gasteiger partial charge in [0.1, 0.15) is 0 Å². The van der Waals surface area contributed by atoms with Crippen molar-refractivity contribution in [3.63, 3.8) is 0 Å². The summed E-state index contributed by atoms with van der Waals surface area (Å²) >= 11 is 0. The zero-order valence-corrected chi connectivity index (χ0v) is 16.1. The Kier molecular flexibility index (Phi) is 4.80. The highest BCUT2D eigenvalue weighted by Gasteiger charge is 2.53. The van der Waals surface area contributed by atoms with Crippen LogP contribution in [-0.2, 0) is 11.3 Å². The van der Waals surface area contributed by atoms with Gasteiger partial charge in [-0.05, 0) is 61.8 Å². The quantitative estimate of drug-likeness (QED) is 0.723. The Morgan fingerprint density at radius 3 is 2.08 bits per heavy atom. The van der Waals surface area contributed by atoms with E-state index < -0.39 is 0 Å². The first-order valence-corrected chi connectivity index (χ1v) is 10.9. The molecule has 1 aliphatic heterocycles. The highest BCUT2D eigenvalue weighted by molar-refractivity contribution is 5.13. The van der Waals surface area contributed by atoms with E-state index in [2.05, 4.69) is 40.1 Å². The molecule has 142 valence electrons. The zero-order valence-electron chi connectivity index (χ0n) is 16.1. The summed E-state index contributed by atoms with van der Waals surface area (Å²) in [4.78, 5) is 5.53. The summed E-state index contributed by atoms with van der Waals surface area (Å²) in [7, 11) is 0. The fraction of sp³-hybridized carbons (Fsp3) is 0.739. The topological polar surface area (TPSA) is 15.7 Å². The molecule has 26 heavy (non-hydrogen) atoms. The van der Waals surface area contributed by atoms with E-state index in [1.807, 2.05) is 0 Å². The first-order chi connectivity index (χ1) is 12.8. The first-order valence-electron chi connectivity index (χ1n) is 10.9. The third-order valence-electron chi connectivity index (χ3n) is 7.71. The summed E-state index contributed by atoms with van der Waals surface area (Å²) in [6.07, 6.45) is 9.20. The largest absolute Gasteiger partial charge is 0.375 e. The van der Waals surface area contributed by atoms with E-state index in [1.165, 1.54) is 51.0 Å². The van der Waals surface area contributed by atoms with Crippen LogP contribution in [0.3, 0.4) is 0 Å². The van der Waals surface area contributed by atoms with Crippen LogP contribution in [0.15, 0.2) is 30.3 Å². The minimum atomic E-state index is 0.602. The molecule has 5 aliphatic rings. The van der Waals surface area contributed by atoms with E-state index >= 15 is 0 Å². The van der Waals surface area contributed by atoms with Crippen LogP contribution in [0.25, 0.3) is 0 Å². The molecule has 6 rings (SSSR count). The third-order valence-corrected chi connectivity index (χ3v) is 7.71. The summed E-state index contributed by atoms with van der Waals surface area (Å²) in [6, 6.07) is 10.5. The summed E-state index contributed by atoms with van der Waals surface area (Å²) in [5.74, 6) is 3.18. The first kappa shape index (κ1) is 17.2. The lowest BCUT2D eigenvalue weighted by atomic mass is 9.52. The van der Waals surface area contributed by atoms with Gasteiger partial charge in [0.2, 0.25) is 0 Å². The van der Waals surface area contributed by atoms with Crippen molar-refractivity contribution in [2.45, 2.75) is 50.7 Å². The molecular weight excluding hydrogens is 320 g/mol. The Morgan fingerprint density at radius 2 is 1.46 bits per heavy atom. The second-order valence-electron chi connectivity index (χ2n) is 9.51. The van der Waals surface area contributed by atoms with Gasteiger partial charge in [0.05, 0.1) is 13.2 Å². The van der Waals surface area contributed by atoms with Gasteiger partial charge in [-0.25, -0.2) is 0 Å². The van der Waals surface area contributed by atoms with Gasteiger partial charge in [-0.3, -0.25) is 9.80 Å². The Balaban J connectivity index is 1.07. The van der Waals surface area contributed by atoms with Gasteiger partial charge in [-0.2, -0.15) is 0 Å². The maximum absolute atomic E-state index is 5.89. The molecule has 0 unspecified atom stereocenters. The number of piperazine rings is 1. The van der Waals surface area contributed by atoms with Crippen molar-refractivity contribution in [1.82, 2.24) is 9.80 Å². The van der Waals surface area contributed by atoms with E-state index in [0.29, 0.717) is 5.54 Å². The Bertz CT molecular complexity index is 558. The lowest BCUT2D eigenvalue weighted by Gasteiger charge is -2.61. The van der Waals surface area contributed by atoms with E-state index in [-0.39, 0.29) is 0 Å². The fourth-order valence-electron chi connectivity index (χ4n) is 6.86. The van der Waals surface area contributed by atoms with Gasteiger partial charge in [-0.1, -0.05) is 30.3 Å². The van der Waals surface area contributed by atoms with Crippen molar-refractivity contribution in [2.24, 2.45) is 17.8 Å². The molecule has 0 spiro atoms. The van der Waals surface area contributed by atoms with Gasteiger partial charge >= 0.3 is 0 Å². The Morgan fingerprint density at radius 1 is 0.846 bits per heavy atom. The molecule has 1 heterocycles. The lowest BCUT2D eigenvalue weighted by molar-refractivity contribution is -0.102. The van der Waals surface area contributed by atoms with E-state index in [9.17, 15) is 0 Å². The van der Waals surface area contributed by atoms with Crippen molar-refractivity contribution in [1.29, 1.82) is 0 Å². The highest BCUT2D eigenvalue weighted by atomic mass is 16.5. The number of ether oxygens (including phenoxy) is 1. The second-order valence-corrected chi connectivity index (χ2v) is 9.51. The van der Waals surface area contributed by atoms with Crippen molar-refractivity contribution < 1.29 is 4.74 Å². The van der Waals surface area contributed by atoms with Crippen LogP contribution in [0.1, 0.15) is 44.1 Å². The van der Waals surface area contributed by atoms with Crippen molar-refractivity contribution in [2.75, 3.05) is 39.3 Å². The van der Waals surface area contributed by atoms with Crippen molar-refractivity contribution in [3.05, 3.63) is 35.9 Å². The zero-order chi connectivity index (χ0) is 17.4. The molecule has 4 bridgehead atoms. The van der Waals surface area contributed by atoms with Gasteiger partial charge in [-0.15, -0.1) is 0 Å². The Labute approximate surface area is 158 Å². The molecule has 3 nitrogen and oxygen atoms in total. The van der Waals surface area contributed by atoms with E-state index in [1.54, 1.807) is 19.3 Å². The van der Waals surface area contributed by atoms with Crippen LogP contribution in [0.5, 0.6) is 0 Å². The predicted octanol–water partition coefficient (Wildman–Crippen LogP) is 3.79. The SMILES string of the molecule is c1ccc(COCCN2CCN(C34CC5CC(CC(C5)C3)C4)CC2)cc1. The number of nitrogens with zero attached hydrogens (tertiary/aromatic N) is 2. The molecule has 0 amide bonds. The minimum Gasteiger partial charge on any atom is -0.375 e. The smallest absolute Gasteiger partial charge is 0.0717 e. The number of rotatable bonds is 6. The van der Waals surface area contributed by atoms with Crippen LogP contribution >= 0.6 is 0 Å². The molecular formula is C23H34N2O. The normalized spacial score (nSPS) is 37.3. The van der Waals surface area contributed by atoms with Gasteiger partial charge in [0.15, 0.2) is 0 Å². The molecule has 5 fully saturated rings. The highest BCUT2D eigenvalue weighted by Crippen LogP contribution is 2.57. The molecule has 0 N–H and O–H groups in total. The summed E-state index contributed by atoms with van der Waals surface area (Å²) < 4.78 is 5.89. The number of hydrogen-bond donors (Lipinski definition) is 0. The molecule has 3 heteroatoms. The van der Waals surface area contributed by atoms with Crippen LogP contribution < -0.4 is 0 Å². The molecule has 0 aromatic heterocycles. The number of hydrogen-bond acceptors (Lipinski definition) is 3. The van der Waals surface area contributed by atoms with Crippen molar-refractivity contribution >= 4 is 0 Å². The molecule has 1 aromatic carbocycles. The average Bonchev–Trinajstić information content (AvgIpc) is 2.65. The third kappa shape index (κ3) is 3.46. The molecule has 1 saturated heterocycles. The Hall–Kier alpha value is -0.900. The fourth-order valence-corrected chi connectivity index (χ4v) is 6.86. The van der Waals surface area contributed by atoms with E-state index in [4.69, 9.17) is 4.74 Å². The number of benzene rings is 1. The molecule has 4 saturated carbocycles. The van der Waals surface area contributed by atoms with Gasteiger partial charge < -0.3 is 4.74 Å². The molecule has 4 aliphatic carbocycles. The summed E-state index contributed by atoms with van der Waals surface area (Å²) in [6.45, 7) is 7.71. The van der Waals surface area contributed by atoms with Crippen LogP contribution in [0.4, 0.5) is 0 Å². The van der Waals surface area contributed by atoms with Crippen LogP contribution in [-0.4, -0.2) is 54.7 Å². The molecule has 0 radical (unpaired) electrons. The predicted molar refractivity (Wildman–Crippen MR) is 105 cm³/mol. The summed E-state index contributed by atoms with van der Waals surface area (Å²) in [5, 5.41) is 0. The van der Waals surface area contributed by atoms with Crippen molar-refractivity contribution in [3.8, 4) is 0 Å². The minimum absolute atomic E-state index is 0.602. The van der Waals surface area contributed by atoms with Crippen LogP contribution in [0.2, 0.25) is 0 Å². The summed E-state index contributed by atoms with van der Waals surface area (Å²) in [5.41, 5.74) is 1.88. The maximum atomic E-state index is 5.89. The van der Waals surface area contributed by atoms with Gasteiger partial charge in [0.25, 0.3) is 0 Å². The molecule has 0 atom stereocenters. The lowest BCUT2D eigenvalue weighted by Crippen LogP contribution is -2.63. The monoisotopic (exact) mass is 354 g/mol. The second kappa shape index (κ2) is 7.26. The standard InChI is InChI=1S/C23H34N2O/c1-2-4-19(5-3-1)18-26-11-10-24-6-8-25(9-7-24)23-15-20-12-21(16-23)14-22(13-20)17-23/h1-5,20-22H,6-18H2. The van der Waals surface area contributed by atoms with Gasteiger partial charge in [0, 0.05) is 38.3 Å². The maximum Gasteiger partial charge on any atom is 0.0717 e. The van der Waals surface area contributed by atoms with Crippen LogP contribution in [0, 0.1) is 17.8 Å².